The summed E-state index contributed by atoms with van der Waals surface area (Å²) in [5.74, 6) is -0.499. The smallest absolute Gasteiger partial charge is 0.414 e. The van der Waals surface area contributed by atoms with Gasteiger partial charge >= 0.3 is 6.09 Å². The molecule has 164 valence electrons. The second-order valence-electron chi connectivity index (χ2n) is 8.27. The summed E-state index contributed by atoms with van der Waals surface area (Å²) in [7, 11) is -0.948. The van der Waals surface area contributed by atoms with Crippen molar-refractivity contribution in [3.63, 3.8) is 0 Å². The second-order valence-corrected chi connectivity index (χ2v) is 9.81. The van der Waals surface area contributed by atoms with Crippen LogP contribution in [-0.4, -0.2) is 52.3 Å². The van der Waals surface area contributed by atoms with Gasteiger partial charge in [-0.2, -0.15) is 0 Å². The number of carbonyl (C=O) groups is 2. The highest BCUT2D eigenvalue weighted by molar-refractivity contribution is 7.85. The molecule has 3 aliphatic heterocycles. The third-order valence-corrected chi connectivity index (χ3v) is 7.61. The van der Waals surface area contributed by atoms with Crippen LogP contribution in [0.2, 0.25) is 0 Å². The molecule has 1 aromatic rings. The summed E-state index contributed by atoms with van der Waals surface area (Å²) in [6, 6.07) is 2.08. The largest absolute Gasteiger partial charge is 0.444 e. The molecule has 0 aliphatic carbocycles. The lowest BCUT2D eigenvalue weighted by Crippen LogP contribution is -2.48. The molecule has 0 spiro atoms. The fourth-order valence-electron chi connectivity index (χ4n) is 4.71. The number of anilines is 2. The molecular formula is C21H26F2N2O4S. The fourth-order valence-corrected chi connectivity index (χ4v) is 6.36. The number of nitrogens with zero attached hydrogens (tertiary/aromatic N) is 2. The van der Waals surface area contributed by atoms with Gasteiger partial charge in [-0.15, -0.1) is 0 Å². The van der Waals surface area contributed by atoms with E-state index in [2.05, 4.69) is 0 Å². The molecule has 2 bridgehead atoms. The first-order valence-electron chi connectivity index (χ1n) is 10.5. The molecule has 30 heavy (non-hydrogen) atoms. The highest BCUT2D eigenvalue weighted by Gasteiger charge is 2.42. The zero-order valence-corrected chi connectivity index (χ0v) is 17.8. The lowest BCUT2D eigenvalue weighted by atomic mass is 10.1. The molecule has 3 fully saturated rings. The SMILES string of the molecule is CCCC(=O)CC[C@H]1CN(c2cc(F)c(N3C4CCC3CS(=O)C4)c(F)c2)C(=O)O1. The van der Waals surface area contributed by atoms with Crippen LogP contribution in [0.1, 0.15) is 45.4 Å². The molecule has 1 aromatic carbocycles. The first-order chi connectivity index (χ1) is 14.4. The fraction of sp³-hybridized carbons (Fsp3) is 0.619. The van der Waals surface area contributed by atoms with Crippen LogP contribution in [0.4, 0.5) is 25.0 Å². The number of cyclic esters (lactones) is 1. The zero-order chi connectivity index (χ0) is 21.4. The maximum Gasteiger partial charge on any atom is 0.414 e. The maximum atomic E-state index is 15.0. The number of hydrogen-bond donors (Lipinski definition) is 0. The number of amides is 1. The molecule has 2 unspecified atom stereocenters. The van der Waals surface area contributed by atoms with Gasteiger partial charge in [-0.25, -0.2) is 13.6 Å². The summed E-state index contributed by atoms with van der Waals surface area (Å²) < 4.78 is 47.2. The van der Waals surface area contributed by atoms with Crippen LogP contribution in [0, 0.1) is 11.6 Å². The number of halogens is 2. The van der Waals surface area contributed by atoms with Crippen molar-refractivity contribution in [3.05, 3.63) is 23.8 Å². The van der Waals surface area contributed by atoms with Gasteiger partial charge in [0, 0.05) is 59.4 Å². The minimum absolute atomic E-state index is 0.0998. The van der Waals surface area contributed by atoms with Crippen molar-refractivity contribution in [3.8, 4) is 0 Å². The lowest BCUT2D eigenvalue weighted by molar-refractivity contribution is -0.119. The van der Waals surface area contributed by atoms with E-state index in [1.54, 1.807) is 4.90 Å². The van der Waals surface area contributed by atoms with Crippen LogP contribution >= 0.6 is 0 Å². The van der Waals surface area contributed by atoms with Gasteiger partial charge in [0.25, 0.3) is 0 Å². The predicted octanol–water partition coefficient (Wildman–Crippen LogP) is 3.54. The van der Waals surface area contributed by atoms with Crippen LogP contribution in [0.25, 0.3) is 0 Å². The van der Waals surface area contributed by atoms with Crippen molar-refractivity contribution in [2.24, 2.45) is 0 Å². The number of carbonyl (C=O) groups excluding carboxylic acids is 2. The second kappa shape index (κ2) is 8.61. The summed E-state index contributed by atoms with van der Waals surface area (Å²) >= 11 is 0. The molecular weight excluding hydrogens is 414 g/mol. The van der Waals surface area contributed by atoms with E-state index in [0.717, 1.165) is 31.4 Å². The minimum Gasteiger partial charge on any atom is -0.444 e. The van der Waals surface area contributed by atoms with Crippen LogP contribution < -0.4 is 9.80 Å². The van der Waals surface area contributed by atoms with E-state index in [0.29, 0.717) is 30.8 Å². The third kappa shape index (κ3) is 4.08. The summed E-state index contributed by atoms with van der Waals surface area (Å²) in [5.41, 5.74) is 0.00583. The standard InChI is InChI=1S/C21H26F2N2O4S/c1-2-3-16(26)6-7-17-10-24(21(27)29-17)15-8-18(22)20(19(23)9-15)25-13-4-5-14(25)12-30(28)11-13/h8-9,13-14,17H,2-7,10-12H2,1H3/t13?,14?,17-,30?/m0/s1. The molecule has 1 amide bonds. The van der Waals surface area contributed by atoms with E-state index in [9.17, 15) is 13.8 Å². The topological polar surface area (TPSA) is 66.9 Å². The number of ketones is 1. The van der Waals surface area contributed by atoms with Gasteiger partial charge in [-0.05, 0) is 25.7 Å². The van der Waals surface area contributed by atoms with Crippen molar-refractivity contribution in [2.75, 3.05) is 27.9 Å². The van der Waals surface area contributed by atoms with Gasteiger partial charge in [0.15, 0.2) is 11.6 Å². The lowest BCUT2D eigenvalue weighted by Gasteiger charge is -2.36. The molecule has 4 rings (SSSR count). The number of Topliss-reactive ketones (excluding diaryl/α,β-unsaturated/α-hetero) is 1. The van der Waals surface area contributed by atoms with Gasteiger partial charge in [0.05, 0.1) is 12.2 Å². The molecule has 0 radical (unpaired) electrons. The summed E-state index contributed by atoms with van der Waals surface area (Å²) in [4.78, 5) is 26.9. The molecule has 3 atom stereocenters. The molecule has 3 saturated heterocycles. The Hall–Kier alpha value is -2.03. The first-order valence-corrected chi connectivity index (χ1v) is 12.0. The van der Waals surface area contributed by atoms with Crippen LogP contribution in [0.5, 0.6) is 0 Å². The van der Waals surface area contributed by atoms with Crippen molar-refractivity contribution >= 4 is 34.1 Å². The maximum absolute atomic E-state index is 15.0. The Morgan fingerprint density at radius 1 is 1.17 bits per heavy atom. The van der Waals surface area contributed by atoms with Crippen LogP contribution in [0.15, 0.2) is 12.1 Å². The molecule has 0 aromatic heterocycles. The van der Waals surface area contributed by atoms with E-state index in [1.807, 2.05) is 6.92 Å². The van der Waals surface area contributed by atoms with E-state index in [4.69, 9.17) is 4.74 Å². The monoisotopic (exact) mass is 440 g/mol. The Labute approximate surface area is 177 Å². The summed E-state index contributed by atoms with van der Waals surface area (Å²) in [6.07, 6.45) is 2.39. The number of benzene rings is 1. The van der Waals surface area contributed by atoms with Crippen molar-refractivity contribution in [1.82, 2.24) is 0 Å². The molecule has 3 heterocycles. The van der Waals surface area contributed by atoms with Gasteiger partial charge in [-0.1, -0.05) is 6.92 Å². The van der Waals surface area contributed by atoms with E-state index >= 15 is 8.78 Å². The van der Waals surface area contributed by atoms with Crippen molar-refractivity contribution < 1.29 is 27.3 Å². The Balaban J connectivity index is 1.49. The summed E-state index contributed by atoms with van der Waals surface area (Å²) in [6.45, 7) is 2.08. The Morgan fingerprint density at radius 3 is 2.40 bits per heavy atom. The van der Waals surface area contributed by atoms with E-state index in [-0.39, 0.29) is 35.8 Å². The number of ether oxygens (including phenoxy) is 1. The average molecular weight is 441 g/mol. The average Bonchev–Trinajstić information content (AvgIpc) is 3.17. The zero-order valence-electron chi connectivity index (χ0n) is 16.9. The van der Waals surface area contributed by atoms with E-state index in [1.165, 1.54) is 4.90 Å². The van der Waals surface area contributed by atoms with Gasteiger partial charge < -0.3 is 9.64 Å². The number of fused-ring (bicyclic) bond motifs is 2. The molecule has 0 N–H and O–H groups in total. The number of hydrogen-bond acceptors (Lipinski definition) is 5. The summed E-state index contributed by atoms with van der Waals surface area (Å²) in [5, 5.41) is 0. The van der Waals surface area contributed by atoms with E-state index < -0.39 is 34.6 Å². The Bertz CT molecular complexity index is 842. The quantitative estimate of drug-likeness (QED) is 0.649. The van der Waals surface area contributed by atoms with Crippen molar-refractivity contribution in [2.45, 2.75) is 63.6 Å². The third-order valence-electron chi connectivity index (χ3n) is 6.10. The molecule has 6 nitrogen and oxygen atoms in total. The first kappa shape index (κ1) is 21.2. The van der Waals surface area contributed by atoms with Crippen LogP contribution in [0.3, 0.4) is 0 Å². The highest BCUT2D eigenvalue weighted by Crippen LogP contribution is 2.39. The molecule has 0 saturated carbocycles. The normalized spacial score (nSPS) is 28.2. The highest BCUT2D eigenvalue weighted by atomic mass is 32.2. The Kier molecular flexibility index (Phi) is 6.09. The van der Waals surface area contributed by atoms with Crippen molar-refractivity contribution in [1.29, 1.82) is 0 Å². The van der Waals surface area contributed by atoms with Crippen LogP contribution in [-0.2, 0) is 20.3 Å². The van der Waals surface area contributed by atoms with Gasteiger partial charge in [-0.3, -0.25) is 13.9 Å². The molecule has 3 aliphatic rings. The predicted molar refractivity (Wildman–Crippen MR) is 110 cm³/mol. The minimum atomic E-state index is -0.948. The van der Waals surface area contributed by atoms with Gasteiger partial charge in [0.2, 0.25) is 0 Å². The Morgan fingerprint density at radius 2 is 1.80 bits per heavy atom. The number of rotatable bonds is 7. The molecule has 9 heteroatoms. The van der Waals surface area contributed by atoms with Gasteiger partial charge in [0.1, 0.15) is 17.6 Å².